The van der Waals surface area contributed by atoms with E-state index in [1.165, 1.54) is 0 Å². The van der Waals surface area contributed by atoms with Crippen molar-refractivity contribution in [2.45, 2.75) is 6.42 Å². The molecule has 2 aromatic rings. The molecule has 18 heavy (non-hydrogen) atoms. The summed E-state index contributed by atoms with van der Waals surface area (Å²) in [6.45, 7) is -0.000950. The number of nitrogens with two attached hydrogens (primary N) is 1. The molecule has 0 aliphatic heterocycles. The summed E-state index contributed by atoms with van der Waals surface area (Å²) in [4.78, 5) is 20.7. The molecule has 0 aliphatic carbocycles. The number of hydrogen-bond donors (Lipinski definition) is 3. The number of fused-ring (bicyclic) bond motifs is 1. The van der Waals surface area contributed by atoms with E-state index in [1.807, 2.05) is 0 Å². The van der Waals surface area contributed by atoms with E-state index in [4.69, 9.17) is 5.73 Å². The Labute approximate surface area is 102 Å². The molecular weight excluding hydrogens is 260 g/mol. The van der Waals surface area contributed by atoms with E-state index in [9.17, 15) is 13.2 Å². The maximum atomic E-state index is 11.5. The number of hydrogen-bond acceptors (Lipinski definition) is 6. The fourth-order valence-electron chi connectivity index (χ4n) is 1.53. The van der Waals surface area contributed by atoms with Gasteiger partial charge in [-0.3, -0.25) is 14.0 Å². The van der Waals surface area contributed by atoms with Crippen molar-refractivity contribution in [3.05, 3.63) is 22.1 Å². The number of nitrogen functional groups attached to an aromatic ring is 1. The number of aromatic amines is 2. The Balaban J connectivity index is 2.21. The van der Waals surface area contributed by atoms with Gasteiger partial charge in [0.2, 0.25) is 5.95 Å². The van der Waals surface area contributed by atoms with Gasteiger partial charge in [-0.2, -0.15) is 13.4 Å². The van der Waals surface area contributed by atoms with Gasteiger partial charge < -0.3 is 10.7 Å². The molecular formula is C9H12N4O4S. The molecule has 0 radical (unpaired) electrons. The lowest BCUT2D eigenvalue weighted by molar-refractivity contribution is 0.325. The Bertz CT molecular complexity index is 731. The van der Waals surface area contributed by atoms with Crippen LogP contribution in [-0.4, -0.2) is 36.2 Å². The van der Waals surface area contributed by atoms with E-state index in [2.05, 4.69) is 19.1 Å². The average Bonchev–Trinajstić information content (AvgIpc) is 2.58. The van der Waals surface area contributed by atoms with E-state index in [0.717, 1.165) is 6.26 Å². The third kappa shape index (κ3) is 2.87. The summed E-state index contributed by atoms with van der Waals surface area (Å²) in [5, 5.41) is 0.374. The summed E-state index contributed by atoms with van der Waals surface area (Å²) >= 11 is 0. The van der Waals surface area contributed by atoms with E-state index >= 15 is 0 Å². The number of nitrogens with one attached hydrogen (secondary N) is 2. The van der Waals surface area contributed by atoms with Crippen molar-refractivity contribution in [1.82, 2.24) is 15.0 Å². The normalized spacial score (nSPS) is 12.1. The van der Waals surface area contributed by atoms with Crippen LogP contribution in [0.5, 0.6) is 0 Å². The number of rotatable bonds is 4. The smallest absolute Gasteiger partial charge is 0.264 e. The quantitative estimate of drug-likeness (QED) is 0.634. The van der Waals surface area contributed by atoms with Gasteiger partial charge in [0, 0.05) is 12.1 Å². The molecule has 0 aliphatic rings. The first kappa shape index (κ1) is 12.6. The fourth-order valence-corrected chi connectivity index (χ4v) is 1.92. The van der Waals surface area contributed by atoms with Crippen LogP contribution in [0.25, 0.3) is 11.0 Å². The van der Waals surface area contributed by atoms with Crippen LogP contribution in [0.2, 0.25) is 0 Å². The predicted octanol–water partition coefficient (Wildman–Crippen LogP) is -0.648. The molecule has 2 aromatic heterocycles. The summed E-state index contributed by atoms with van der Waals surface area (Å²) in [6.07, 6.45) is 1.30. The SMILES string of the molecule is CS(=O)(=O)OCCc1cc2c(=O)[nH]c(N)nc2[nH]1. The van der Waals surface area contributed by atoms with Crippen molar-refractivity contribution in [2.75, 3.05) is 18.6 Å². The van der Waals surface area contributed by atoms with E-state index in [-0.39, 0.29) is 18.1 Å². The Kier molecular flexibility index (Phi) is 3.09. The zero-order chi connectivity index (χ0) is 13.3. The molecule has 0 fully saturated rings. The standard InChI is InChI=1S/C9H12N4O4S/c1-18(15,16)17-3-2-5-4-6-7(11-5)12-9(10)13-8(6)14/h4H,2-3H2,1H3,(H4,10,11,12,13,14). The van der Waals surface area contributed by atoms with Gasteiger partial charge in [-0.25, -0.2) is 0 Å². The highest BCUT2D eigenvalue weighted by atomic mass is 32.2. The summed E-state index contributed by atoms with van der Waals surface area (Å²) in [5.41, 5.74) is 6.07. The molecule has 4 N–H and O–H groups in total. The minimum atomic E-state index is -3.46. The lowest BCUT2D eigenvalue weighted by Gasteiger charge is -1.98. The molecule has 0 atom stereocenters. The lowest BCUT2D eigenvalue weighted by atomic mass is 10.3. The van der Waals surface area contributed by atoms with Crippen LogP contribution in [0.15, 0.2) is 10.9 Å². The van der Waals surface area contributed by atoms with E-state index in [0.29, 0.717) is 23.1 Å². The monoisotopic (exact) mass is 272 g/mol. The van der Waals surface area contributed by atoms with Crippen molar-refractivity contribution < 1.29 is 12.6 Å². The zero-order valence-corrected chi connectivity index (χ0v) is 10.4. The number of nitrogens with zero attached hydrogens (tertiary/aromatic N) is 1. The molecule has 0 amide bonds. The van der Waals surface area contributed by atoms with Crippen molar-refractivity contribution in [3.63, 3.8) is 0 Å². The Hall–Kier alpha value is -1.87. The first-order valence-electron chi connectivity index (χ1n) is 5.07. The van der Waals surface area contributed by atoms with Gasteiger partial charge in [0.15, 0.2) is 0 Å². The Morgan fingerprint density at radius 1 is 1.44 bits per heavy atom. The Morgan fingerprint density at radius 2 is 2.17 bits per heavy atom. The van der Waals surface area contributed by atoms with Crippen LogP contribution in [0, 0.1) is 0 Å². The van der Waals surface area contributed by atoms with Gasteiger partial charge in [0.1, 0.15) is 5.65 Å². The fraction of sp³-hybridized carbons (Fsp3) is 0.333. The van der Waals surface area contributed by atoms with Crippen LogP contribution in [0.1, 0.15) is 5.69 Å². The second-order valence-corrected chi connectivity index (χ2v) is 5.43. The summed E-state index contributed by atoms with van der Waals surface area (Å²) in [7, 11) is -3.46. The van der Waals surface area contributed by atoms with Crippen LogP contribution >= 0.6 is 0 Å². The lowest BCUT2D eigenvalue weighted by Crippen LogP contribution is -2.09. The van der Waals surface area contributed by atoms with E-state index in [1.54, 1.807) is 6.07 Å². The molecule has 8 nitrogen and oxygen atoms in total. The highest BCUT2D eigenvalue weighted by molar-refractivity contribution is 7.85. The van der Waals surface area contributed by atoms with Crippen LogP contribution in [-0.2, 0) is 20.7 Å². The second kappa shape index (κ2) is 4.42. The summed E-state index contributed by atoms with van der Waals surface area (Å²) < 4.78 is 26.2. The number of H-pyrrole nitrogens is 2. The topological polar surface area (TPSA) is 131 Å². The molecule has 0 saturated carbocycles. The maximum Gasteiger partial charge on any atom is 0.264 e. The average molecular weight is 272 g/mol. The van der Waals surface area contributed by atoms with E-state index < -0.39 is 10.1 Å². The molecule has 0 aromatic carbocycles. The molecule has 98 valence electrons. The minimum absolute atomic E-state index is 0.000950. The number of anilines is 1. The molecule has 2 heterocycles. The Morgan fingerprint density at radius 3 is 2.83 bits per heavy atom. The molecule has 0 unspecified atom stereocenters. The van der Waals surface area contributed by atoms with Gasteiger partial charge in [-0.05, 0) is 6.07 Å². The van der Waals surface area contributed by atoms with Crippen molar-refractivity contribution in [2.24, 2.45) is 0 Å². The first-order chi connectivity index (χ1) is 8.35. The predicted molar refractivity (Wildman–Crippen MR) is 65.6 cm³/mol. The largest absolute Gasteiger partial charge is 0.369 e. The van der Waals surface area contributed by atoms with Crippen LogP contribution < -0.4 is 11.3 Å². The zero-order valence-electron chi connectivity index (χ0n) is 9.56. The summed E-state index contributed by atoms with van der Waals surface area (Å²) in [5.74, 6) is 0.0216. The molecule has 2 rings (SSSR count). The summed E-state index contributed by atoms with van der Waals surface area (Å²) in [6, 6.07) is 1.59. The van der Waals surface area contributed by atoms with Gasteiger partial charge >= 0.3 is 0 Å². The van der Waals surface area contributed by atoms with Crippen molar-refractivity contribution in [3.8, 4) is 0 Å². The van der Waals surface area contributed by atoms with Gasteiger partial charge in [0.25, 0.3) is 15.7 Å². The van der Waals surface area contributed by atoms with Crippen LogP contribution in [0.3, 0.4) is 0 Å². The van der Waals surface area contributed by atoms with Crippen molar-refractivity contribution >= 4 is 27.1 Å². The molecule has 9 heteroatoms. The van der Waals surface area contributed by atoms with Gasteiger partial charge in [0.05, 0.1) is 18.2 Å². The second-order valence-electron chi connectivity index (χ2n) is 3.78. The highest BCUT2D eigenvalue weighted by Gasteiger charge is 2.08. The van der Waals surface area contributed by atoms with Crippen molar-refractivity contribution in [1.29, 1.82) is 0 Å². The first-order valence-corrected chi connectivity index (χ1v) is 6.88. The van der Waals surface area contributed by atoms with Gasteiger partial charge in [-0.15, -0.1) is 0 Å². The third-order valence-electron chi connectivity index (χ3n) is 2.24. The number of aromatic nitrogens is 3. The minimum Gasteiger partial charge on any atom is -0.369 e. The molecule has 0 bridgehead atoms. The van der Waals surface area contributed by atoms with Gasteiger partial charge in [-0.1, -0.05) is 0 Å². The highest BCUT2D eigenvalue weighted by Crippen LogP contribution is 2.10. The molecule has 0 saturated heterocycles. The maximum absolute atomic E-state index is 11.5. The van der Waals surface area contributed by atoms with Crippen LogP contribution in [0.4, 0.5) is 5.95 Å². The third-order valence-corrected chi connectivity index (χ3v) is 2.83. The molecule has 0 spiro atoms.